The molecule has 1 N–H and O–H groups in total. The van der Waals surface area contributed by atoms with Gasteiger partial charge in [-0.3, -0.25) is 9.69 Å². The fraction of sp³-hybridized carbons (Fsp3) is 0.316. The lowest BCUT2D eigenvalue weighted by Crippen LogP contribution is -2.38. The number of likely N-dealkylation sites (tertiary alicyclic amines) is 1. The summed E-state index contributed by atoms with van der Waals surface area (Å²) in [5, 5.41) is 10.9. The third kappa shape index (κ3) is 2.77. The molecule has 0 amide bonds. The standard InChI is InChI=1S/C19H19NO2S2/c1-12-8-9-16(23-12)18(20-10-4-6-14(20)19(21)22)17-11-13-5-2-3-7-15(13)24-17/h2-3,5,7-9,11,14,18H,4,6,10H2,1H3,(H,21,22). The minimum atomic E-state index is -0.702. The molecular weight excluding hydrogens is 338 g/mol. The second kappa shape index (κ2) is 6.31. The van der Waals surface area contributed by atoms with E-state index in [-0.39, 0.29) is 12.1 Å². The molecule has 0 saturated carbocycles. The van der Waals surface area contributed by atoms with E-state index in [2.05, 4.69) is 54.3 Å². The van der Waals surface area contributed by atoms with Crippen molar-refractivity contribution >= 4 is 38.7 Å². The lowest BCUT2D eigenvalue weighted by molar-refractivity contribution is -0.142. The van der Waals surface area contributed by atoms with Crippen LogP contribution in [0.4, 0.5) is 0 Å². The average Bonchev–Trinajstić information content (AvgIpc) is 3.27. The highest BCUT2D eigenvalue weighted by Gasteiger charge is 2.38. The van der Waals surface area contributed by atoms with Crippen LogP contribution in [0.1, 0.15) is 33.5 Å². The third-order valence-electron chi connectivity index (χ3n) is 4.66. The molecule has 1 aliphatic rings. The van der Waals surface area contributed by atoms with Gasteiger partial charge in [0.1, 0.15) is 6.04 Å². The maximum Gasteiger partial charge on any atom is 0.320 e. The van der Waals surface area contributed by atoms with E-state index in [1.807, 2.05) is 0 Å². The SMILES string of the molecule is Cc1ccc(C(c2cc3ccccc3s2)N2CCCC2C(=O)O)s1. The Labute approximate surface area is 149 Å². The molecule has 0 bridgehead atoms. The van der Waals surface area contributed by atoms with Crippen molar-refractivity contribution in [2.75, 3.05) is 6.54 Å². The molecule has 2 atom stereocenters. The molecule has 1 saturated heterocycles. The maximum atomic E-state index is 11.7. The number of carbonyl (C=O) groups is 1. The maximum absolute atomic E-state index is 11.7. The molecule has 2 aromatic heterocycles. The summed E-state index contributed by atoms with van der Waals surface area (Å²) in [6.07, 6.45) is 1.68. The van der Waals surface area contributed by atoms with Crippen LogP contribution >= 0.6 is 22.7 Å². The van der Waals surface area contributed by atoms with Crippen LogP contribution in [-0.4, -0.2) is 28.6 Å². The van der Waals surface area contributed by atoms with Crippen molar-refractivity contribution in [3.05, 3.63) is 57.1 Å². The third-order valence-corrected chi connectivity index (χ3v) is 6.88. The van der Waals surface area contributed by atoms with Crippen LogP contribution in [-0.2, 0) is 4.79 Å². The van der Waals surface area contributed by atoms with Gasteiger partial charge in [-0.2, -0.15) is 0 Å². The van der Waals surface area contributed by atoms with E-state index < -0.39 is 5.97 Å². The summed E-state index contributed by atoms with van der Waals surface area (Å²) in [4.78, 5) is 17.7. The topological polar surface area (TPSA) is 40.5 Å². The number of aliphatic carboxylic acids is 1. The van der Waals surface area contributed by atoms with Gasteiger partial charge in [-0.05, 0) is 49.4 Å². The Hall–Kier alpha value is -1.69. The highest BCUT2D eigenvalue weighted by molar-refractivity contribution is 7.19. The molecule has 3 aromatic rings. The average molecular weight is 358 g/mol. The molecule has 24 heavy (non-hydrogen) atoms. The number of hydrogen-bond acceptors (Lipinski definition) is 4. The van der Waals surface area contributed by atoms with Gasteiger partial charge in [-0.15, -0.1) is 22.7 Å². The van der Waals surface area contributed by atoms with Gasteiger partial charge < -0.3 is 5.11 Å². The second-order valence-electron chi connectivity index (χ2n) is 6.27. The Morgan fingerprint density at radius 1 is 1.21 bits per heavy atom. The first-order valence-corrected chi connectivity index (χ1v) is 9.80. The summed E-state index contributed by atoms with van der Waals surface area (Å²) < 4.78 is 1.26. The van der Waals surface area contributed by atoms with Gasteiger partial charge in [0.2, 0.25) is 0 Å². The fourth-order valence-corrected chi connectivity index (χ4v) is 5.87. The zero-order valence-corrected chi connectivity index (χ0v) is 15.1. The van der Waals surface area contributed by atoms with Crippen LogP contribution in [0.2, 0.25) is 0 Å². The van der Waals surface area contributed by atoms with E-state index in [9.17, 15) is 9.90 Å². The smallest absolute Gasteiger partial charge is 0.320 e. The summed E-state index contributed by atoms with van der Waals surface area (Å²) in [5.74, 6) is -0.702. The van der Waals surface area contributed by atoms with Crippen LogP contribution in [0.5, 0.6) is 0 Å². The molecule has 3 nitrogen and oxygen atoms in total. The van der Waals surface area contributed by atoms with E-state index in [4.69, 9.17) is 0 Å². The normalized spacial score (nSPS) is 19.8. The van der Waals surface area contributed by atoms with Gasteiger partial charge in [0.25, 0.3) is 0 Å². The number of hydrogen-bond donors (Lipinski definition) is 1. The van der Waals surface area contributed by atoms with Crippen molar-refractivity contribution in [1.82, 2.24) is 4.90 Å². The van der Waals surface area contributed by atoms with Crippen molar-refractivity contribution in [3.8, 4) is 0 Å². The minimum absolute atomic E-state index is 0.0460. The highest BCUT2D eigenvalue weighted by atomic mass is 32.1. The number of rotatable bonds is 4. The Morgan fingerprint density at radius 2 is 2.04 bits per heavy atom. The van der Waals surface area contributed by atoms with Crippen molar-refractivity contribution in [3.63, 3.8) is 0 Å². The van der Waals surface area contributed by atoms with Gasteiger partial charge in [0, 0.05) is 25.9 Å². The molecule has 124 valence electrons. The number of carboxylic acids is 1. The van der Waals surface area contributed by atoms with Crippen LogP contribution < -0.4 is 0 Å². The summed E-state index contributed by atoms with van der Waals surface area (Å²) in [7, 11) is 0. The Kier molecular flexibility index (Phi) is 4.16. The second-order valence-corrected chi connectivity index (χ2v) is 8.71. The van der Waals surface area contributed by atoms with Crippen molar-refractivity contribution in [2.24, 2.45) is 0 Å². The fourth-order valence-electron chi connectivity index (χ4n) is 3.57. The summed E-state index contributed by atoms with van der Waals surface area (Å²) in [5.41, 5.74) is 0. The number of carboxylic acid groups (broad SMARTS) is 1. The molecule has 1 fully saturated rings. The quantitative estimate of drug-likeness (QED) is 0.721. The van der Waals surface area contributed by atoms with Crippen LogP contribution in [0.25, 0.3) is 10.1 Å². The van der Waals surface area contributed by atoms with Gasteiger partial charge in [0.15, 0.2) is 0 Å². The molecule has 3 heterocycles. The van der Waals surface area contributed by atoms with Gasteiger partial charge in [-0.25, -0.2) is 0 Å². The number of aryl methyl sites for hydroxylation is 1. The molecule has 4 rings (SSSR count). The van der Waals surface area contributed by atoms with Gasteiger partial charge in [-0.1, -0.05) is 18.2 Å². The first-order chi connectivity index (χ1) is 11.6. The number of fused-ring (bicyclic) bond motifs is 1. The number of thiophene rings is 2. The van der Waals surface area contributed by atoms with E-state index in [0.717, 1.165) is 19.4 Å². The lowest BCUT2D eigenvalue weighted by atomic mass is 10.1. The molecule has 5 heteroatoms. The largest absolute Gasteiger partial charge is 0.480 e. The molecule has 2 unspecified atom stereocenters. The van der Waals surface area contributed by atoms with Crippen LogP contribution in [0, 0.1) is 6.92 Å². The lowest BCUT2D eigenvalue weighted by Gasteiger charge is -2.29. The first kappa shape index (κ1) is 15.8. The summed E-state index contributed by atoms with van der Waals surface area (Å²) >= 11 is 3.56. The van der Waals surface area contributed by atoms with Gasteiger partial charge >= 0.3 is 5.97 Å². The Morgan fingerprint density at radius 3 is 2.75 bits per heavy atom. The van der Waals surface area contributed by atoms with Crippen molar-refractivity contribution < 1.29 is 9.90 Å². The van der Waals surface area contributed by atoms with Crippen molar-refractivity contribution in [2.45, 2.75) is 31.8 Å². The summed E-state index contributed by atoms with van der Waals surface area (Å²) in [6, 6.07) is 14.6. The molecule has 0 aliphatic carbocycles. The minimum Gasteiger partial charge on any atom is -0.480 e. The molecule has 0 radical (unpaired) electrons. The monoisotopic (exact) mass is 357 g/mol. The zero-order valence-electron chi connectivity index (χ0n) is 13.4. The molecular formula is C19H19NO2S2. The molecule has 0 spiro atoms. The zero-order chi connectivity index (χ0) is 16.7. The Balaban J connectivity index is 1.82. The molecule has 1 aromatic carbocycles. The highest BCUT2D eigenvalue weighted by Crippen LogP contribution is 2.42. The van der Waals surface area contributed by atoms with E-state index in [1.165, 1.54) is 24.7 Å². The van der Waals surface area contributed by atoms with Gasteiger partial charge in [0.05, 0.1) is 6.04 Å². The summed E-state index contributed by atoms with van der Waals surface area (Å²) in [6.45, 7) is 2.95. The Bertz CT molecular complexity index is 849. The number of nitrogens with zero attached hydrogens (tertiary/aromatic N) is 1. The predicted molar refractivity (Wildman–Crippen MR) is 100 cm³/mol. The first-order valence-electron chi connectivity index (χ1n) is 8.17. The van der Waals surface area contributed by atoms with Crippen LogP contribution in [0.3, 0.4) is 0 Å². The predicted octanol–water partition coefficient (Wildman–Crippen LogP) is 4.91. The van der Waals surface area contributed by atoms with E-state index in [0.29, 0.717) is 0 Å². The van der Waals surface area contributed by atoms with E-state index in [1.54, 1.807) is 22.7 Å². The van der Waals surface area contributed by atoms with E-state index >= 15 is 0 Å². The molecule has 1 aliphatic heterocycles. The van der Waals surface area contributed by atoms with Crippen LogP contribution in [0.15, 0.2) is 42.5 Å². The number of benzene rings is 1. The van der Waals surface area contributed by atoms with Crippen molar-refractivity contribution in [1.29, 1.82) is 0 Å².